The molecule has 2 amide bonds. The second kappa shape index (κ2) is 7.93. The lowest BCUT2D eigenvalue weighted by Gasteiger charge is -2.59. The van der Waals surface area contributed by atoms with E-state index in [0.29, 0.717) is 0 Å². The molecule has 6 heteroatoms. The van der Waals surface area contributed by atoms with Crippen LogP contribution in [0.15, 0.2) is 18.2 Å². The first-order chi connectivity index (χ1) is 14.2. The molecule has 2 unspecified atom stereocenters. The van der Waals surface area contributed by atoms with E-state index in [0.717, 1.165) is 29.9 Å². The molecule has 4 fully saturated rings. The summed E-state index contributed by atoms with van der Waals surface area (Å²) in [5.41, 5.74) is -0.502. The van der Waals surface area contributed by atoms with Gasteiger partial charge in [0.05, 0.1) is 0 Å². The minimum atomic E-state index is -0.933. The third-order valence-electron chi connectivity index (χ3n) is 7.79. The van der Waals surface area contributed by atoms with Gasteiger partial charge in [-0.25, -0.2) is 8.78 Å². The van der Waals surface area contributed by atoms with Crippen molar-refractivity contribution in [3.05, 3.63) is 35.4 Å². The molecule has 164 valence electrons. The highest BCUT2D eigenvalue weighted by Crippen LogP contribution is 2.61. The summed E-state index contributed by atoms with van der Waals surface area (Å²) in [5.74, 6) is -0.928. The fourth-order valence-corrected chi connectivity index (χ4v) is 6.63. The van der Waals surface area contributed by atoms with Crippen molar-refractivity contribution in [3.63, 3.8) is 0 Å². The second-order valence-corrected chi connectivity index (χ2v) is 10.3. The largest absolute Gasteiger partial charge is 0.351 e. The van der Waals surface area contributed by atoms with E-state index in [1.807, 2.05) is 13.8 Å². The van der Waals surface area contributed by atoms with Gasteiger partial charge >= 0.3 is 0 Å². The van der Waals surface area contributed by atoms with Crippen LogP contribution in [0, 0.1) is 40.7 Å². The van der Waals surface area contributed by atoms with E-state index in [1.165, 1.54) is 44.6 Å². The Labute approximate surface area is 177 Å². The molecule has 0 saturated heterocycles. The van der Waals surface area contributed by atoms with Crippen LogP contribution in [-0.4, -0.2) is 23.9 Å². The first-order valence-electron chi connectivity index (χ1n) is 11.2. The quantitative estimate of drug-likeness (QED) is 0.718. The minimum absolute atomic E-state index is 0.0155. The number of nitrogens with one attached hydrogen (secondary N) is 2. The number of hydrogen-bond donors (Lipinski definition) is 2. The van der Waals surface area contributed by atoms with Crippen molar-refractivity contribution in [2.24, 2.45) is 29.1 Å². The first kappa shape index (κ1) is 21.3. The van der Waals surface area contributed by atoms with Crippen LogP contribution < -0.4 is 10.6 Å². The minimum Gasteiger partial charge on any atom is -0.351 e. The predicted molar refractivity (Wildman–Crippen MR) is 111 cm³/mol. The van der Waals surface area contributed by atoms with Crippen LogP contribution in [0.3, 0.4) is 0 Å². The molecule has 0 radical (unpaired) electrons. The molecule has 4 aliphatic carbocycles. The van der Waals surface area contributed by atoms with E-state index in [2.05, 4.69) is 17.6 Å². The SMILES string of the molecule is CC(C)C(NC(=O)c1c(F)cccc1F)C(=O)NC(C)C12CC3CC(CC(C3)C1)C2. The summed E-state index contributed by atoms with van der Waals surface area (Å²) in [7, 11) is 0. The van der Waals surface area contributed by atoms with Crippen molar-refractivity contribution in [2.45, 2.75) is 71.4 Å². The lowest BCUT2D eigenvalue weighted by atomic mass is 9.48. The summed E-state index contributed by atoms with van der Waals surface area (Å²) in [5, 5.41) is 5.73. The second-order valence-electron chi connectivity index (χ2n) is 10.3. The van der Waals surface area contributed by atoms with Gasteiger partial charge < -0.3 is 10.6 Å². The number of benzene rings is 1. The molecular formula is C24H32F2N2O2. The Bertz CT molecular complexity index is 783. The van der Waals surface area contributed by atoms with Crippen LogP contribution in [0.2, 0.25) is 0 Å². The van der Waals surface area contributed by atoms with E-state index in [1.54, 1.807) is 0 Å². The Morgan fingerprint density at radius 3 is 1.90 bits per heavy atom. The van der Waals surface area contributed by atoms with Crippen molar-refractivity contribution in [2.75, 3.05) is 0 Å². The number of halogens is 2. The molecule has 4 nitrogen and oxygen atoms in total. The van der Waals surface area contributed by atoms with Crippen molar-refractivity contribution in [1.82, 2.24) is 10.6 Å². The van der Waals surface area contributed by atoms with Crippen molar-refractivity contribution < 1.29 is 18.4 Å². The van der Waals surface area contributed by atoms with Crippen LogP contribution in [0.5, 0.6) is 0 Å². The molecular weight excluding hydrogens is 386 g/mol. The lowest BCUT2D eigenvalue weighted by molar-refractivity contribution is -0.128. The molecule has 30 heavy (non-hydrogen) atoms. The predicted octanol–water partition coefficient (Wildman–Crippen LogP) is 4.44. The summed E-state index contributed by atoms with van der Waals surface area (Å²) in [6, 6.07) is 2.45. The highest BCUT2D eigenvalue weighted by atomic mass is 19.1. The maximum absolute atomic E-state index is 14.0. The van der Waals surface area contributed by atoms with Crippen LogP contribution in [0.1, 0.15) is 69.7 Å². The van der Waals surface area contributed by atoms with E-state index in [-0.39, 0.29) is 23.3 Å². The summed E-state index contributed by atoms with van der Waals surface area (Å²) < 4.78 is 28.0. The van der Waals surface area contributed by atoms with Crippen LogP contribution in [-0.2, 0) is 4.79 Å². The maximum atomic E-state index is 14.0. The van der Waals surface area contributed by atoms with Crippen LogP contribution in [0.4, 0.5) is 8.78 Å². The average molecular weight is 419 g/mol. The van der Waals surface area contributed by atoms with Gasteiger partial charge in [0.1, 0.15) is 23.2 Å². The molecule has 4 bridgehead atoms. The highest BCUT2D eigenvalue weighted by Gasteiger charge is 2.53. The zero-order valence-corrected chi connectivity index (χ0v) is 18.0. The number of carbonyl (C=O) groups is 2. The Balaban J connectivity index is 1.46. The first-order valence-corrected chi connectivity index (χ1v) is 11.2. The summed E-state index contributed by atoms with van der Waals surface area (Å²) >= 11 is 0. The zero-order chi connectivity index (χ0) is 21.6. The van der Waals surface area contributed by atoms with Crippen LogP contribution >= 0.6 is 0 Å². The van der Waals surface area contributed by atoms with Crippen molar-refractivity contribution in [1.29, 1.82) is 0 Å². The van der Waals surface area contributed by atoms with Gasteiger partial charge in [0.2, 0.25) is 5.91 Å². The van der Waals surface area contributed by atoms with E-state index < -0.39 is 29.1 Å². The summed E-state index contributed by atoms with van der Waals surface area (Å²) in [6.45, 7) is 5.72. The number of carbonyl (C=O) groups excluding carboxylic acids is 2. The molecule has 0 aromatic heterocycles. The van der Waals surface area contributed by atoms with Crippen molar-refractivity contribution >= 4 is 11.8 Å². The van der Waals surface area contributed by atoms with Gasteiger partial charge in [-0.1, -0.05) is 19.9 Å². The third-order valence-corrected chi connectivity index (χ3v) is 7.79. The smallest absolute Gasteiger partial charge is 0.257 e. The molecule has 4 aliphatic rings. The standard InChI is InChI=1S/C24H32F2N2O2/c1-13(2)21(28-22(29)20-18(25)5-4-6-19(20)26)23(30)27-14(3)24-10-15-7-16(11-24)9-17(8-15)12-24/h4-6,13-17,21H,7-12H2,1-3H3,(H,27,30)(H,28,29). The van der Waals surface area contributed by atoms with Crippen LogP contribution in [0.25, 0.3) is 0 Å². The van der Waals surface area contributed by atoms with E-state index in [4.69, 9.17) is 0 Å². The van der Waals surface area contributed by atoms with Gasteiger partial charge in [0.25, 0.3) is 5.91 Å². The molecule has 1 aromatic carbocycles. The van der Waals surface area contributed by atoms with Gasteiger partial charge in [0.15, 0.2) is 0 Å². The van der Waals surface area contributed by atoms with Gasteiger partial charge in [-0.3, -0.25) is 9.59 Å². The Hall–Kier alpha value is -1.98. The molecule has 0 aliphatic heterocycles. The average Bonchev–Trinajstić information content (AvgIpc) is 2.64. The summed E-state index contributed by atoms with van der Waals surface area (Å²) in [6.07, 6.45) is 7.50. The zero-order valence-electron chi connectivity index (χ0n) is 18.0. The number of amides is 2. The van der Waals surface area contributed by atoms with Crippen molar-refractivity contribution in [3.8, 4) is 0 Å². The van der Waals surface area contributed by atoms with Gasteiger partial charge in [-0.2, -0.15) is 0 Å². The third kappa shape index (κ3) is 3.85. The molecule has 5 rings (SSSR count). The molecule has 0 heterocycles. The summed E-state index contributed by atoms with van der Waals surface area (Å²) in [4.78, 5) is 25.7. The normalized spacial score (nSPS) is 31.5. The van der Waals surface area contributed by atoms with Gasteiger partial charge in [0, 0.05) is 6.04 Å². The lowest BCUT2D eigenvalue weighted by Crippen LogP contribution is -2.59. The fourth-order valence-electron chi connectivity index (χ4n) is 6.63. The van der Waals surface area contributed by atoms with Gasteiger partial charge in [-0.05, 0) is 86.7 Å². The maximum Gasteiger partial charge on any atom is 0.257 e. The topological polar surface area (TPSA) is 58.2 Å². The fraction of sp³-hybridized carbons (Fsp3) is 0.667. The molecule has 1 aromatic rings. The molecule has 2 atom stereocenters. The molecule has 2 N–H and O–H groups in total. The molecule has 4 saturated carbocycles. The number of rotatable bonds is 6. The Morgan fingerprint density at radius 1 is 0.933 bits per heavy atom. The molecule has 0 spiro atoms. The highest BCUT2D eigenvalue weighted by molar-refractivity contribution is 5.98. The van der Waals surface area contributed by atoms with E-state index >= 15 is 0 Å². The number of hydrogen-bond acceptors (Lipinski definition) is 2. The van der Waals surface area contributed by atoms with E-state index in [9.17, 15) is 18.4 Å². The monoisotopic (exact) mass is 418 g/mol. The Morgan fingerprint density at radius 2 is 1.43 bits per heavy atom. The Kier molecular flexibility index (Phi) is 5.62. The van der Waals surface area contributed by atoms with Gasteiger partial charge in [-0.15, -0.1) is 0 Å².